The van der Waals surface area contributed by atoms with Gasteiger partial charge in [-0.3, -0.25) is 9.59 Å². The fourth-order valence-electron chi connectivity index (χ4n) is 3.05. The van der Waals surface area contributed by atoms with Crippen LogP contribution in [-0.2, 0) is 27.3 Å². The molecule has 1 aliphatic carbocycles. The van der Waals surface area contributed by atoms with Crippen LogP contribution in [0.25, 0.3) is 0 Å². The second-order valence-corrected chi connectivity index (χ2v) is 6.59. The van der Waals surface area contributed by atoms with Crippen LogP contribution in [0.15, 0.2) is 35.9 Å². The van der Waals surface area contributed by atoms with Gasteiger partial charge in [-0.25, -0.2) is 13.6 Å². The predicted molar refractivity (Wildman–Crippen MR) is 94.7 cm³/mol. The van der Waals surface area contributed by atoms with Crippen LogP contribution in [0.1, 0.15) is 31.4 Å². The number of amides is 1. The van der Waals surface area contributed by atoms with Gasteiger partial charge in [0.25, 0.3) is 0 Å². The lowest BCUT2D eigenvalue weighted by Crippen LogP contribution is -2.21. The number of carbonyl (C=O) groups is 3. The summed E-state index contributed by atoms with van der Waals surface area (Å²) < 4.78 is 28.5. The Balaban J connectivity index is 2.13. The van der Waals surface area contributed by atoms with Crippen LogP contribution in [0.4, 0.5) is 8.78 Å². The van der Waals surface area contributed by atoms with Crippen molar-refractivity contribution in [3.8, 4) is 0 Å². The number of ketones is 1. The largest absolute Gasteiger partial charge is 0.478 e. The van der Waals surface area contributed by atoms with Gasteiger partial charge in [0.1, 0.15) is 0 Å². The normalized spacial score (nSPS) is 19.4. The van der Waals surface area contributed by atoms with Crippen LogP contribution in [0.2, 0.25) is 0 Å². The molecule has 1 aromatic carbocycles. The van der Waals surface area contributed by atoms with Crippen molar-refractivity contribution in [3.63, 3.8) is 0 Å². The van der Waals surface area contributed by atoms with Crippen molar-refractivity contribution in [3.05, 3.63) is 58.7 Å². The number of allylic oxidation sites excluding steroid dienone is 2. The maximum Gasteiger partial charge on any atom is 0.335 e. The smallest absolute Gasteiger partial charge is 0.335 e. The number of hydrogen-bond donors (Lipinski definition) is 2. The van der Waals surface area contributed by atoms with Crippen molar-refractivity contribution in [1.82, 2.24) is 5.32 Å². The number of aryl methyl sites for hydroxylation is 1. The minimum absolute atomic E-state index is 0.0397. The van der Waals surface area contributed by atoms with Crippen molar-refractivity contribution in [1.29, 1.82) is 0 Å². The van der Waals surface area contributed by atoms with Crippen LogP contribution < -0.4 is 5.32 Å². The minimum Gasteiger partial charge on any atom is -0.478 e. The lowest BCUT2D eigenvalue weighted by Gasteiger charge is -2.18. The first kappa shape index (κ1) is 20.5. The summed E-state index contributed by atoms with van der Waals surface area (Å²) in [5.41, 5.74) is 0.218. The van der Waals surface area contributed by atoms with E-state index in [4.69, 9.17) is 5.11 Å². The van der Waals surface area contributed by atoms with Gasteiger partial charge in [0.2, 0.25) is 5.91 Å². The molecule has 2 atom stereocenters. The van der Waals surface area contributed by atoms with Gasteiger partial charge in [0, 0.05) is 24.9 Å². The zero-order valence-electron chi connectivity index (χ0n) is 15.1. The molecule has 2 rings (SSSR count). The molecule has 1 aromatic rings. The number of rotatable bonds is 6. The van der Waals surface area contributed by atoms with Crippen LogP contribution in [0.3, 0.4) is 0 Å². The number of nitrogens with one attached hydrogen (secondary N) is 1. The number of carboxylic acid groups (broad SMARTS) is 1. The topological polar surface area (TPSA) is 83.5 Å². The second-order valence-electron chi connectivity index (χ2n) is 6.59. The van der Waals surface area contributed by atoms with Gasteiger partial charge in [-0.2, -0.15) is 0 Å². The maximum absolute atomic E-state index is 14.3. The molecule has 0 heterocycles. The lowest BCUT2D eigenvalue weighted by atomic mass is 9.85. The number of benzene rings is 1. The molecule has 0 aliphatic heterocycles. The standard InChI is InChI=1S/C20H21F2NO4/c1-11-9-14(20(26)27)6-8-17(25)16(11)7-5-13-3-4-15(10-23-12(2)24)19(22)18(13)21/h3-4,6,8-9,11,16H,5,7,10H2,1-2H3,(H,23,24)(H,26,27). The molecule has 0 saturated carbocycles. The Labute approximate surface area is 155 Å². The van der Waals surface area contributed by atoms with E-state index in [2.05, 4.69) is 5.32 Å². The van der Waals surface area contributed by atoms with E-state index >= 15 is 0 Å². The summed E-state index contributed by atoms with van der Waals surface area (Å²) in [7, 11) is 0. The molecule has 27 heavy (non-hydrogen) atoms. The molecule has 0 fully saturated rings. The van der Waals surface area contributed by atoms with E-state index in [0.29, 0.717) is 0 Å². The van der Waals surface area contributed by atoms with Crippen LogP contribution >= 0.6 is 0 Å². The molecule has 0 spiro atoms. The summed E-state index contributed by atoms with van der Waals surface area (Å²) in [5.74, 6) is -4.57. The number of carbonyl (C=O) groups excluding carboxylic acids is 2. The summed E-state index contributed by atoms with van der Waals surface area (Å²) in [5, 5.41) is 11.5. The highest BCUT2D eigenvalue weighted by Crippen LogP contribution is 2.27. The number of carboxylic acids is 1. The van der Waals surface area contributed by atoms with E-state index in [1.807, 2.05) is 0 Å². The highest BCUT2D eigenvalue weighted by atomic mass is 19.2. The van der Waals surface area contributed by atoms with Gasteiger partial charge in [-0.15, -0.1) is 0 Å². The summed E-state index contributed by atoms with van der Waals surface area (Å²) in [6, 6.07) is 2.85. The Bertz CT molecular complexity index is 830. The quantitative estimate of drug-likeness (QED) is 0.798. The SMILES string of the molecule is CC(=O)NCc1ccc(CCC2C(=O)C=CC(C(=O)O)=CC2C)c(F)c1F. The molecule has 0 radical (unpaired) electrons. The van der Waals surface area contributed by atoms with Gasteiger partial charge in [-0.05, 0) is 36.5 Å². The Morgan fingerprint density at radius 3 is 2.41 bits per heavy atom. The van der Waals surface area contributed by atoms with E-state index in [1.165, 1.54) is 37.3 Å². The van der Waals surface area contributed by atoms with Gasteiger partial charge in [-0.1, -0.05) is 25.1 Å². The summed E-state index contributed by atoms with van der Waals surface area (Å²) in [6.07, 6.45) is 4.38. The minimum atomic E-state index is -1.12. The van der Waals surface area contributed by atoms with E-state index in [1.54, 1.807) is 6.92 Å². The molecule has 0 saturated heterocycles. The first-order chi connectivity index (χ1) is 12.7. The maximum atomic E-state index is 14.3. The van der Waals surface area contributed by atoms with Crippen molar-refractivity contribution in [2.75, 3.05) is 0 Å². The van der Waals surface area contributed by atoms with Crippen molar-refractivity contribution in [2.24, 2.45) is 11.8 Å². The van der Waals surface area contributed by atoms with Crippen molar-refractivity contribution < 1.29 is 28.3 Å². The molecule has 0 aromatic heterocycles. The number of aliphatic carboxylic acids is 1. The Hall–Kier alpha value is -2.83. The van der Waals surface area contributed by atoms with Crippen LogP contribution in [-0.4, -0.2) is 22.8 Å². The predicted octanol–water partition coefficient (Wildman–Crippen LogP) is 2.94. The van der Waals surface area contributed by atoms with Gasteiger partial charge in [0.05, 0.1) is 5.57 Å². The van der Waals surface area contributed by atoms with E-state index in [0.717, 1.165) is 0 Å². The Morgan fingerprint density at radius 1 is 1.15 bits per heavy atom. The van der Waals surface area contributed by atoms with Crippen molar-refractivity contribution in [2.45, 2.75) is 33.2 Å². The molecule has 5 nitrogen and oxygen atoms in total. The fraction of sp³-hybridized carbons (Fsp3) is 0.350. The molecule has 2 unspecified atom stereocenters. The lowest BCUT2D eigenvalue weighted by molar-refractivity contribution is -0.132. The average molecular weight is 377 g/mol. The second kappa shape index (κ2) is 8.70. The summed E-state index contributed by atoms with van der Waals surface area (Å²) in [4.78, 5) is 34.3. The van der Waals surface area contributed by atoms with Gasteiger partial charge in [0.15, 0.2) is 17.4 Å². The third-order valence-electron chi connectivity index (χ3n) is 4.61. The third-order valence-corrected chi connectivity index (χ3v) is 4.61. The summed E-state index contributed by atoms with van der Waals surface area (Å²) >= 11 is 0. The summed E-state index contributed by atoms with van der Waals surface area (Å²) in [6.45, 7) is 2.91. The Morgan fingerprint density at radius 2 is 1.78 bits per heavy atom. The highest BCUT2D eigenvalue weighted by molar-refractivity contribution is 5.97. The fourth-order valence-corrected chi connectivity index (χ4v) is 3.05. The molecular weight excluding hydrogens is 356 g/mol. The molecule has 144 valence electrons. The zero-order valence-corrected chi connectivity index (χ0v) is 15.1. The first-order valence-corrected chi connectivity index (χ1v) is 8.58. The molecule has 2 N–H and O–H groups in total. The number of halogens is 2. The van der Waals surface area contributed by atoms with Crippen LogP contribution in [0.5, 0.6) is 0 Å². The molecular formula is C20H21F2NO4. The average Bonchev–Trinajstić information content (AvgIpc) is 2.74. The molecule has 7 heteroatoms. The molecule has 1 amide bonds. The van der Waals surface area contributed by atoms with Gasteiger partial charge < -0.3 is 10.4 Å². The van der Waals surface area contributed by atoms with E-state index in [-0.39, 0.29) is 53.7 Å². The van der Waals surface area contributed by atoms with Crippen molar-refractivity contribution >= 4 is 17.7 Å². The molecule has 0 bridgehead atoms. The Kier molecular flexibility index (Phi) is 6.60. The zero-order chi connectivity index (χ0) is 20.1. The monoisotopic (exact) mass is 377 g/mol. The highest BCUT2D eigenvalue weighted by Gasteiger charge is 2.26. The molecule has 1 aliphatic rings. The van der Waals surface area contributed by atoms with Gasteiger partial charge >= 0.3 is 5.97 Å². The number of hydrogen-bond acceptors (Lipinski definition) is 3. The van der Waals surface area contributed by atoms with Crippen LogP contribution in [0, 0.1) is 23.5 Å². The first-order valence-electron chi connectivity index (χ1n) is 8.58. The van der Waals surface area contributed by atoms with E-state index < -0.39 is 23.5 Å². The third kappa shape index (κ3) is 5.09. The van der Waals surface area contributed by atoms with E-state index in [9.17, 15) is 23.2 Å².